The number of hydrogen-bond donors (Lipinski definition) is 0. The molecule has 1 aromatic carbocycles. The van der Waals surface area contributed by atoms with E-state index in [1.165, 1.54) is 6.26 Å². The van der Waals surface area contributed by atoms with E-state index in [-0.39, 0.29) is 0 Å². The summed E-state index contributed by atoms with van der Waals surface area (Å²) in [5.41, 5.74) is 0.986. The molecule has 2 heteroatoms. The molecular weight excluding hydrogens is 164 g/mol. The number of hydrogen-bond acceptors (Lipinski definition) is 2. The van der Waals surface area contributed by atoms with E-state index < -0.39 is 5.97 Å². The summed E-state index contributed by atoms with van der Waals surface area (Å²) in [5, 5.41) is 0. The van der Waals surface area contributed by atoms with Crippen LogP contribution in [0.5, 0.6) is 0 Å². The first kappa shape index (κ1) is 9.26. The maximum Gasteiger partial charge on any atom is 0.334 e. The molecule has 0 aliphatic heterocycles. The van der Waals surface area contributed by atoms with E-state index in [0.717, 1.165) is 11.6 Å². The van der Waals surface area contributed by atoms with Crippen LogP contribution in [0.2, 0.25) is 0 Å². The minimum Gasteiger partial charge on any atom is -0.431 e. The Morgan fingerprint density at radius 3 is 2.62 bits per heavy atom. The Morgan fingerprint density at radius 2 is 2.00 bits per heavy atom. The van der Waals surface area contributed by atoms with Crippen LogP contribution in [-0.2, 0) is 9.53 Å². The van der Waals surface area contributed by atoms with Gasteiger partial charge in [0.1, 0.15) is 0 Å². The molecule has 0 bridgehead atoms. The molecule has 0 atom stereocenters. The van der Waals surface area contributed by atoms with Gasteiger partial charge >= 0.3 is 5.97 Å². The van der Waals surface area contributed by atoms with Gasteiger partial charge in [0.15, 0.2) is 0 Å². The average Bonchev–Trinajstić information content (AvgIpc) is 2.19. The number of rotatable bonds is 3. The van der Waals surface area contributed by atoms with Gasteiger partial charge in [-0.3, -0.25) is 0 Å². The van der Waals surface area contributed by atoms with Crippen molar-refractivity contribution in [2.24, 2.45) is 0 Å². The molecule has 2 nitrogen and oxygen atoms in total. The first-order chi connectivity index (χ1) is 6.33. The highest BCUT2D eigenvalue weighted by molar-refractivity contribution is 5.82. The summed E-state index contributed by atoms with van der Waals surface area (Å²) >= 11 is 0. The summed E-state index contributed by atoms with van der Waals surface area (Å²) in [6, 6.07) is 9.58. The van der Waals surface area contributed by atoms with Crippen molar-refractivity contribution in [3.63, 3.8) is 0 Å². The Hall–Kier alpha value is -1.83. The second kappa shape index (κ2) is 4.93. The third-order valence-electron chi connectivity index (χ3n) is 1.41. The van der Waals surface area contributed by atoms with Crippen molar-refractivity contribution >= 4 is 12.0 Å². The van der Waals surface area contributed by atoms with E-state index in [1.54, 1.807) is 6.08 Å². The summed E-state index contributed by atoms with van der Waals surface area (Å²) in [6.45, 7) is 3.28. The summed E-state index contributed by atoms with van der Waals surface area (Å²) in [7, 11) is 0. The van der Waals surface area contributed by atoms with Crippen LogP contribution in [0.1, 0.15) is 5.56 Å². The van der Waals surface area contributed by atoms with Crippen molar-refractivity contribution < 1.29 is 9.53 Å². The van der Waals surface area contributed by atoms with Gasteiger partial charge in [0.25, 0.3) is 0 Å². The molecule has 1 aromatic rings. The van der Waals surface area contributed by atoms with Crippen LogP contribution in [0.25, 0.3) is 6.08 Å². The molecule has 13 heavy (non-hydrogen) atoms. The van der Waals surface area contributed by atoms with Gasteiger partial charge in [-0.05, 0) is 11.6 Å². The van der Waals surface area contributed by atoms with Crippen LogP contribution in [0.15, 0.2) is 49.2 Å². The fourth-order valence-corrected chi connectivity index (χ4v) is 0.792. The molecule has 0 unspecified atom stereocenters. The van der Waals surface area contributed by atoms with E-state index in [9.17, 15) is 4.79 Å². The average molecular weight is 174 g/mol. The molecule has 1 rings (SSSR count). The van der Waals surface area contributed by atoms with E-state index in [2.05, 4.69) is 11.3 Å². The van der Waals surface area contributed by atoms with Crippen molar-refractivity contribution in [3.8, 4) is 0 Å². The minimum absolute atomic E-state index is 0.452. The number of carbonyl (C=O) groups excluding carboxylic acids is 1. The molecule has 0 aliphatic rings. The van der Waals surface area contributed by atoms with Gasteiger partial charge in [-0.25, -0.2) is 4.79 Å². The van der Waals surface area contributed by atoms with Gasteiger partial charge in [-0.15, -0.1) is 0 Å². The highest BCUT2D eigenvalue weighted by Crippen LogP contribution is 2.00. The summed E-state index contributed by atoms with van der Waals surface area (Å²) in [4.78, 5) is 10.6. The van der Waals surface area contributed by atoms with Gasteiger partial charge in [0.2, 0.25) is 0 Å². The Kier molecular flexibility index (Phi) is 3.51. The van der Waals surface area contributed by atoms with Gasteiger partial charge in [-0.2, -0.15) is 0 Å². The van der Waals surface area contributed by atoms with Gasteiger partial charge in [0, 0.05) is 6.08 Å². The fourth-order valence-electron chi connectivity index (χ4n) is 0.792. The second-order valence-electron chi connectivity index (χ2n) is 2.35. The lowest BCUT2D eigenvalue weighted by atomic mass is 10.2. The molecule has 0 aromatic heterocycles. The lowest BCUT2D eigenvalue weighted by molar-refractivity contribution is -0.132. The number of esters is 1. The van der Waals surface area contributed by atoms with Crippen molar-refractivity contribution in [2.75, 3.05) is 0 Å². The molecule has 66 valence electrons. The van der Waals surface area contributed by atoms with E-state index in [1.807, 2.05) is 30.3 Å². The van der Waals surface area contributed by atoms with Crippen LogP contribution in [0.4, 0.5) is 0 Å². The molecule has 0 saturated carbocycles. The standard InChI is InChI=1S/C11H10O2/c1-2-11(12)13-9-8-10-6-4-3-5-7-10/h2-9H,1H2. The van der Waals surface area contributed by atoms with Crippen molar-refractivity contribution in [1.82, 2.24) is 0 Å². The predicted octanol–water partition coefficient (Wildman–Crippen LogP) is 2.39. The van der Waals surface area contributed by atoms with Crippen molar-refractivity contribution in [3.05, 3.63) is 54.8 Å². The molecule has 0 N–H and O–H groups in total. The number of benzene rings is 1. The fraction of sp³-hybridized carbons (Fsp3) is 0. The van der Waals surface area contributed by atoms with Gasteiger partial charge < -0.3 is 4.74 Å². The summed E-state index contributed by atoms with van der Waals surface area (Å²) < 4.78 is 4.66. The first-order valence-electron chi connectivity index (χ1n) is 3.87. The summed E-state index contributed by atoms with van der Waals surface area (Å²) in [6.07, 6.45) is 4.18. The van der Waals surface area contributed by atoms with Crippen LogP contribution in [0.3, 0.4) is 0 Å². The molecule has 0 spiro atoms. The molecule has 0 heterocycles. The highest BCUT2D eigenvalue weighted by Gasteiger charge is 1.88. The summed E-state index contributed by atoms with van der Waals surface area (Å²) in [5.74, 6) is -0.452. The largest absolute Gasteiger partial charge is 0.431 e. The zero-order valence-electron chi connectivity index (χ0n) is 7.14. The quantitative estimate of drug-likeness (QED) is 0.399. The topological polar surface area (TPSA) is 26.3 Å². The zero-order chi connectivity index (χ0) is 9.52. The SMILES string of the molecule is C=CC(=O)OC=Cc1ccccc1. The predicted molar refractivity (Wildman–Crippen MR) is 51.8 cm³/mol. The van der Waals surface area contributed by atoms with Crippen LogP contribution < -0.4 is 0 Å². The molecular formula is C11H10O2. The third-order valence-corrected chi connectivity index (χ3v) is 1.41. The van der Waals surface area contributed by atoms with Crippen LogP contribution >= 0.6 is 0 Å². The van der Waals surface area contributed by atoms with E-state index in [4.69, 9.17) is 0 Å². The van der Waals surface area contributed by atoms with Crippen LogP contribution in [0, 0.1) is 0 Å². The van der Waals surface area contributed by atoms with Crippen molar-refractivity contribution in [2.45, 2.75) is 0 Å². The maximum atomic E-state index is 10.6. The molecule has 0 amide bonds. The zero-order valence-corrected chi connectivity index (χ0v) is 7.14. The Bertz CT molecular complexity index is 312. The first-order valence-corrected chi connectivity index (χ1v) is 3.87. The normalized spacial score (nSPS) is 9.85. The highest BCUT2D eigenvalue weighted by atomic mass is 16.5. The van der Waals surface area contributed by atoms with Crippen LogP contribution in [-0.4, -0.2) is 5.97 Å². The minimum atomic E-state index is -0.452. The Balaban J connectivity index is 2.50. The monoisotopic (exact) mass is 174 g/mol. The van der Waals surface area contributed by atoms with Crippen molar-refractivity contribution in [1.29, 1.82) is 0 Å². The van der Waals surface area contributed by atoms with E-state index >= 15 is 0 Å². The lowest BCUT2D eigenvalue weighted by Crippen LogP contribution is -1.91. The molecule has 0 radical (unpaired) electrons. The molecule has 0 aliphatic carbocycles. The molecule has 0 saturated heterocycles. The number of carbonyl (C=O) groups is 1. The Labute approximate surface area is 77.2 Å². The van der Waals surface area contributed by atoms with Gasteiger partial charge in [0.05, 0.1) is 6.26 Å². The number of ether oxygens (including phenoxy) is 1. The second-order valence-corrected chi connectivity index (χ2v) is 2.35. The third kappa shape index (κ3) is 3.38. The maximum absolute atomic E-state index is 10.6. The lowest BCUT2D eigenvalue weighted by Gasteiger charge is -1.92. The Morgan fingerprint density at radius 1 is 1.31 bits per heavy atom. The van der Waals surface area contributed by atoms with Gasteiger partial charge in [-0.1, -0.05) is 36.9 Å². The molecule has 0 fully saturated rings. The smallest absolute Gasteiger partial charge is 0.334 e. The van der Waals surface area contributed by atoms with E-state index in [0.29, 0.717) is 0 Å².